The first-order valence-electron chi connectivity index (χ1n) is 6.14. The van der Waals surface area contributed by atoms with Crippen molar-refractivity contribution in [2.75, 3.05) is 7.11 Å². The van der Waals surface area contributed by atoms with E-state index in [1.54, 1.807) is 0 Å². The van der Waals surface area contributed by atoms with E-state index in [9.17, 15) is 4.79 Å². The van der Waals surface area contributed by atoms with Crippen molar-refractivity contribution in [3.05, 3.63) is 0 Å². The number of carbonyl (C=O) groups is 1. The van der Waals surface area contributed by atoms with Crippen LogP contribution in [0.2, 0.25) is 0 Å². The van der Waals surface area contributed by atoms with Crippen molar-refractivity contribution in [3.63, 3.8) is 0 Å². The van der Waals surface area contributed by atoms with Crippen LogP contribution in [0.4, 0.5) is 0 Å². The highest BCUT2D eigenvalue weighted by atomic mass is 16.6. The summed E-state index contributed by atoms with van der Waals surface area (Å²) in [5.41, 5.74) is 0.0865. The number of epoxide rings is 1. The number of fused-ring (bicyclic) bond motifs is 1. The van der Waals surface area contributed by atoms with Crippen molar-refractivity contribution in [2.45, 2.75) is 64.1 Å². The fraction of sp³-hybridized carbons (Fsp3) is 0.923. The van der Waals surface area contributed by atoms with Gasteiger partial charge < -0.3 is 9.47 Å². The second-order valence-electron chi connectivity index (χ2n) is 5.97. The quantitative estimate of drug-likeness (QED) is 0.548. The molecule has 0 aromatic carbocycles. The Hall–Kier alpha value is -0.570. The average Bonchev–Trinajstić information content (AvgIpc) is 2.83. The zero-order valence-electron chi connectivity index (χ0n) is 10.8. The predicted molar refractivity (Wildman–Crippen MR) is 61.1 cm³/mol. The number of methoxy groups -OCH3 is 1. The molecule has 0 radical (unpaired) electrons. The van der Waals surface area contributed by atoms with Gasteiger partial charge in [-0.3, -0.25) is 4.79 Å². The van der Waals surface area contributed by atoms with E-state index in [1.807, 2.05) is 0 Å². The summed E-state index contributed by atoms with van der Waals surface area (Å²) >= 11 is 0. The minimum absolute atomic E-state index is 0.00275. The van der Waals surface area contributed by atoms with E-state index in [1.165, 1.54) is 20.0 Å². The first-order valence-corrected chi connectivity index (χ1v) is 6.14. The molecule has 0 aromatic heterocycles. The molecule has 2 fully saturated rings. The zero-order chi connectivity index (χ0) is 12.0. The molecule has 92 valence electrons. The molecule has 1 aliphatic carbocycles. The van der Waals surface area contributed by atoms with E-state index < -0.39 is 0 Å². The second-order valence-corrected chi connectivity index (χ2v) is 5.97. The van der Waals surface area contributed by atoms with Gasteiger partial charge in [-0.15, -0.1) is 0 Å². The highest BCUT2D eigenvalue weighted by Gasteiger charge is 2.73. The van der Waals surface area contributed by atoms with Crippen LogP contribution in [0.15, 0.2) is 0 Å². The molecule has 0 amide bonds. The van der Waals surface area contributed by atoms with Crippen LogP contribution in [0, 0.1) is 5.41 Å². The fourth-order valence-corrected chi connectivity index (χ4v) is 3.57. The fourth-order valence-electron chi connectivity index (χ4n) is 3.57. The molecule has 16 heavy (non-hydrogen) atoms. The van der Waals surface area contributed by atoms with Gasteiger partial charge in [0, 0.05) is 6.42 Å². The van der Waals surface area contributed by atoms with Crippen LogP contribution in [0.5, 0.6) is 0 Å². The lowest BCUT2D eigenvalue weighted by atomic mass is 9.62. The first kappa shape index (κ1) is 11.9. The lowest BCUT2D eigenvalue weighted by molar-refractivity contribution is -0.141. The molecule has 2 aliphatic rings. The Bertz CT molecular complexity index is 310. The summed E-state index contributed by atoms with van der Waals surface area (Å²) in [6.07, 6.45) is 4.80. The Morgan fingerprint density at radius 3 is 2.56 bits per heavy atom. The lowest BCUT2D eigenvalue weighted by Crippen LogP contribution is -2.42. The Morgan fingerprint density at radius 2 is 2.00 bits per heavy atom. The molecule has 0 spiro atoms. The summed E-state index contributed by atoms with van der Waals surface area (Å²) < 4.78 is 10.8. The number of ether oxygens (including phenoxy) is 2. The van der Waals surface area contributed by atoms with Gasteiger partial charge in [0.2, 0.25) is 0 Å². The van der Waals surface area contributed by atoms with Crippen molar-refractivity contribution in [1.82, 2.24) is 0 Å². The molecule has 3 heteroatoms. The molecule has 1 heterocycles. The highest BCUT2D eigenvalue weighted by molar-refractivity contribution is 5.69. The normalized spacial score (nSPS) is 40.0. The predicted octanol–water partition coefficient (Wildman–Crippen LogP) is 2.68. The van der Waals surface area contributed by atoms with Gasteiger partial charge >= 0.3 is 5.97 Å². The highest BCUT2D eigenvalue weighted by Crippen LogP contribution is 2.67. The summed E-state index contributed by atoms with van der Waals surface area (Å²) in [4.78, 5) is 11.3. The van der Waals surface area contributed by atoms with E-state index in [0.717, 1.165) is 12.8 Å². The standard InChI is InChI=1S/C13H22O3/c1-11(2)7-5-8-12(3)13(11,16-12)9-6-10(14)15-4/h5-9H2,1-4H3. The monoisotopic (exact) mass is 226 g/mol. The molecule has 2 unspecified atom stereocenters. The van der Waals surface area contributed by atoms with Crippen LogP contribution in [0.3, 0.4) is 0 Å². The van der Waals surface area contributed by atoms with E-state index in [0.29, 0.717) is 6.42 Å². The summed E-state index contributed by atoms with van der Waals surface area (Å²) in [7, 11) is 1.44. The van der Waals surface area contributed by atoms with Gasteiger partial charge in [0.25, 0.3) is 0 Å². The molecule has 0 bridgehead atoms. The largest absolute Gasteiger partial charge is 0.469 e. The summed E-state index contributed by atoms with van der Waals surface area (Å²) in [5, 5.41) is 0. The Balaban J connectivity index is 2.08. The van der Waals surface area contributed by atoms with Gasteiger partial charge in [-0.2, -0.15) is 0 Å². The Morgan fingerprint density at radius 1 is 1.31 bits per heavy atom. The van der Waals surface area contributed by atoms with Crippen LogP contribution in [0.25, 0.3) is 0 Å². The smallest absolute Gasteiger partial charge is 0.305 e. The van der Waals surface area contributed by atoms with E-state index in [-0.39, 0.29) is 22.6 Å². The number of esters is 1. The molecule has 0 aromatic rings. The number of hydrogen-bond donors (Lipinski definition) is 0. The first-order chi connectivity index (χ1) is 7.37. The van der Waals surface area contributed by atoms with Crippen molar-refractivity contribution < 1.29 is 14.3 Å². The second kappa shape index (κ2) is 3.46. The van der Waals surface area contributed by atoms with Crippen molar-refractivity contribution >= 4 is 5.97 Å². The van der Waals surface area contributed by atoms with Gasteiger partial charge in [-0.05, 0) is 38.0 Å². The molecule has 1 aliphatic heterocycles. The lowest BCUT2D eigenvalue weighted by Gasteiger charge is -2.38. The van der Waals surface area contributed by atoms with Crippen molar-refractivity contribution in [1.29, 1.82) is 0 Å². The maximum atomic E-state index is 11.3. The maximum Gasteiger partial charge on any atom is 0.305 e. The van der Waals surface area contributed by atoms with Crippen LogP contribution in [-0.4, -0.2) is 24.3 Å². The minimum atomic E-state index is -0.131. The summed E-state index contributed by atoms with van der Waals surface area (Å²) in [6.45, 7) is 6.70. The molecular formula is C13H22O3. The SMILES string of the molecule is COC(=O)CCC12OC1(C)CCCC2(C)C. The van der Waals surface area contributed by atoms with Gasteiger partial charge in [0.05, 0.1) is 12.7 Å². The zero-order valence-corrected chi connectivity index (χ0v) is 10.8. The van der Waals surface area contributed by atoms with Crippen molar-refractivity contribution in [2.24, 2.45) is 5.41 Å². The van der Waals surface area contributed by atoms with E-state index in [2.05, 4.69) is 20.8 Å². The van der Waals surface area contributed by atoms with Gasteiger partial charge in [-0.1, -0.05) is 13.8 Å². The molecular weight excluding hydrogens is 204 g/mol. The summed E-state index contributed by atoms with van der Waals surface area (Å²) in [6, 6.07) is 0. The Kier molecular flexibility index (Phi) is 2.57. The van der Waals surface area contributed by atoms with Crippen LogP contribution >= 0.6 is 0 Å². The van der Waals surface area contributed by atoms with E-state index in [4.69, 9.17) is 9.47 Å². The van der Waals surface area contributed by atoms with Crippen LogP contribution in [0.1, 0.15) is 52.9 Å². The molecule has 2 rings (SSSR count). The van der Waals surface area contributed by atoms with Gasteiger partial charge in [0.1, 0.15) is 5.60 Å². The maximum absolute atomic E-state index is 11.3. The third-order valence-electron chi connectivity index (χ3n) is 4.67. The third-order valence-corrected chi connectivity index (χ3v) is 4.67. The Labute approximate surface area is 97.5 Å². The van der Waals surface area contributed by atoms with Crippen LogP contribution in [-0.2, 0) is 14.3 Å². The molecule has 3 nitrogen and oxygen atoms in total. The molecule has 1 saturated carbocycles. The third kappa shape index (κ3) is 1.48. The van der Waals surface area contributed by atoms with Gasteiger partial charge in [-0.25, -0.2) is 0 Å². The molecule has 0 N–H and O–H groups in total. The van der Waals surface area contributed by atoms with Crippen LogP contribution < -0.4 is 0 Å². The molecule has 1 saturated heterocycles. The van der Waals surface area contributed by atoms with E-state index >= 15 is 0 Å². The number of carbonyl (C=O) groups excluding carboxylic acids is 1. The topological polar surface area (TPSA) is 38.8 Å². The van der Waals surface area contributed by atoms with Crippen molar-refractivity contribution in [3.8, 4) is 0 Å². The summed E-state index contributed by atoms with van der Waals surface area (Å²) in [5.74, 6) is -0.131. The molecule has 2 atom stereocenters. The van der Waals surface area contributed by atoms with Gasteiger partial charge in [0.15, 0.2) is 0 Å². The average molecular weight is 226 g/mol. The number of rotatable bonds is 3. The number of hydrogen-bond acceptors (Lipinski definition) is 3. The minimum Gasteiger partial charge on any atom is -0.469 e.